The van der Waals surface area contributed by atoms with Gasteiger partial charge in [0.1, 0.15) is 0 Å². The van der Waals surface area contributed by atoms with Crippen LogP contribution in [0.15, 0.2) is 52.0 Å². The summed E-state index contributed by atoms with van der Waals surface area (Å²) in [4.78, 5) is 0. The van der Waals surface area contributed by atoms with Gasteiger partial charge in [0.15, 0.2) is 11.0 Å². The maximum Gasteiger partial charge on any atom is 0.226 e. The fourth-order valence-electron chi connectivity index (χ4n) is 3.04. The van der Waals surface area contributed by atoms with Crippen molar-refractivity contribution in [1.29, 1.82) is 0 Å². The van der Waals surface area contributed by atoms with Crippen LogP contribution < -0.4 is 0 Å². The Bertz CT molecular complexity index is 1180. The predicted molar refractivity (Wildman–Crippen MR) is 119 cm³/mol. The number of rotatable bonds is 6. The minimum Gasteiger partial charge on any atom is -0.424 e. The van der Waals surface area contributed by atoms with Crippen molar-refractivity contribution in [2.45, 2.75) is 44.5 Å². The molecule has 2 aromatic carbocycles. The van der Waals surface area contributed by atoms with E-state index in [1.165, 1.54) is 11.8 Å². The SMILES string of the molecule is Cc1ccc(C)c(-n2c(SCc3nnc(C(C)C)o3)nnc2-c2ccccc2Cl)c1. The minimum absolute atomic E-state index is 0.196. The van der Waals surface area contributed by atoms with E-state index in [-0.39, 0.29) is 5.92 Å². The fourth-order valence-corrected chi connectivity index (χ4v) is 4.04. The first-order valence-electron chi connectivity index (χ1n) is 9.67. The topological polar surface area (TPSA) is 69.6 Å². The number of halogens is 1. The van der Waals surface area contributed by atoms with Crippen LogP contribution in [0.3, 0.4) is 0 Å². The Balaban J connectivity index is 1.77. The molecule has 0 aliphatic heterocycles. The fraction of sp³-hybridized carbons (Fsp3) is 0.273. The molecule has 2 aromatic heterocycles. The molecule has 8 heteroatoms. The van der Waals surface area contributed by atoms with E-state index in [9.17, 15) is 0 Å². The van der Waals surface area contributed by atoms with Crippen LogP contribution in [0.25, 0.3) is 17.1 Å². The van der Waals surface area contributed by atoms with Gasteiger partial charge in [0.2, 0.25) is 11.8 Å². The summed E-state index contributed by atoms with van der Waals surface area (Å²) in [6.07, 6.45) is 0. The summed E-state index contributed by atoms with van der Waals surface area (Å²) in [7, 11) is 0. The standard InChI is InChI=1S/C22H22ClN5OS/c1-13(2)21-26-24-19(29-21)12-30-22-27-25-20(16-7-5-6-8-17(16)23)28(22)18-11-14(3)9-10-15(18)4/h5-11,13H,12H2,1-4H3. The lowest BCUT2D eigenvalue weighted by atomic mass is 10.1. The second-order valence-corrected chi connectivity index (χ2v) is 8.74. The van der Waals surface area contributed by atoms with Gasteiger partial charge in [-0.15, -0.1) is 20.4 Å². The molecule has 0 saturated heterocycles. The summed E-state index contributed by atoms with van der Waals surface area (Å²) >= 11 is 7.99. The van der Waals surface area contributed by atoms with Gasteiger partial charge in [-0.25, -0.2) is 0 Å². The highest BCUT2D eigenvalue weighted by atomic mass is 35.5. The van der Waals surface area contributed by atoms with Crippen LogP contribution in [0.4, 0.5) is 0 Å². The molecule has 4 rings (SSSR count). The van der Waals surface area contributed by atoms with Gasteiger partial charge in [-0.2, -0.15) is 0 Å². The van der Waals surface area contributed by atoms with Gasteiger partial charge in [0.25, 0.3) is 0 Å². The first-order chi connectivity index (χ1) is 14.4. The predicted octanol–water partition coefficient (Wildman–Crippen LogP) is 6.00. The summed E-state index contributed by atoms with van der Waals surface area (Å²) in [6, 6.07) is 14.0. The number of hydrogen-bond donors (Lipinski definition) is 0. The average Bonchev–Trinajstić information content (AvgIpc) is 3.36. The van der Waals surface area contributed by atoms with Crippen LogP contribution in [0.1, 0.15) is 42.7 Å². The van der Waals surface area contributed by atoms with Crippen molar-refractivity contribution in [3.8, 4) is 17.1 Å². The maximum absolute atomic E-state index is 6.48. The highest BCUT2D eigenvalue weighted by Gasteiger charge is 2.20. The summed E-state index contributed by atoms with van der Waals surface area (Å²) in [6.45, 7) is 8.20. The van der Waals surface area contributed by atoms with Crippen LogP contribution in [-0.4, -0.2) is 25.0 Å². The molecule has 0 bridgehead atoms. The van der Waals surface area contributed by atoms with Crippen molar-refractivity contribution in [3.05, 3.63) is 70.4 Å². The molecule has 2 heterocycles. The third-order valence-corrected chi connectivity index (χ3v) is 5.90. The molecule has 0 radical (unpaired) electrons. The number of thioether (sulfide) groups is 1. The number of hydrogen-bond acceptors (Lipinski definition) is 6. The molecule has 0 unspecified atom stereocenters. The number of aromatic nitrogens is 5. The second kappa shape index (κ2) is 8.62. The van der Waals surface area contributed by atoms with Crippen molar-refractivity contribution >= 4 is 23.4 Å². The first-order valence-corrected chi connectivity index (χ1v) is 11.0. The van der Waals surface area contributed by atoms with Crippen molar-refractivity contribution < 1.29 is 4.42 Å². The van der Waals surface area contributed by atoms with E-state index < -0.39 is 0 Å². The van der Waals surface area contributed by atoms with Crippen molar-refractivity contribution in [1.82, 2.24) is 25.0 Å². The largest absolute Gasteiger partial charge is 0.424 e. The van der Waals surface area contributed by atoms with Crippen LogP contribution >= 0.6 is 23.4 Å². The van der Waals surface area contributed by atoms with Gasteiger partial charge >= 0.3 is 0 Å². The third-order valence-electron chi connectivity index (χ3n) is 4.65. The Kier molecular flexibility index (Phi) is 5.92. The van der Waals surface area contributed by atoms with Crippen molar-refractivity contribution in [2.75, 3.05) is 0 Å². The van der Waals surface area contributed by atoms with Gasteiger partial charge < -0.3 is 4.42 Å². The van der Waals surface area contributed by atoms with E-state index in [1.54, 1.807) is 0 Å². The summed E-state index contributed by atoms with van der Waals surface area (Å²) in [5, 5.41) is 18.6. The molecule has 0 N–H and O–H groups in total. The van der Waals surface area contributed by atoms with Crippen LogP contribution in [0.5, 0.6) is 0 Å². The highest BCUT2D eigenvalue weighted by molar-refractivity contribution is 7.98. The first kappa shape index (κ1) is 20.6. The smallest absolute Gasteiger partial charge is 0.226 e. The molecule has 0 amide bonds. The third kappa shape index (κ3) is 4.13. The van der Waals surface area contributed by atoms with E-state index >= 15 is 0 Å². The van der Waals surface area contributed by atoms with Crippen molar-refractivity contribution in [3.63, 3.8) is 0 Å². The Hall–Kier alpha value is -2.64. The van der Waals surface area contributed by atoms with E-state index in [1.807, 2.05) is 42.7 Å². The van der Waals surface area contributed by atoms with E-state index in [4.69, 9.17) is 16.0 Å². The minimum atomic E-state index is 0.196. The molecule has 0 aliphatic carbocycles. The second-order valence-electron chi connectivity index (χ2n) is 7.39. The molecule has 0 spiro atoms. The molecule has 154 valence electrons. The monoisotopic (exact) mass is 439 g/mol. The van der Waals surface area contributed by atoms with E-state index in [0.29, 0.717) is 28.4 Å². The maximum atomic E-state index is 6.48. The van der Waals surface area contributed by atoms with Crippen LogP contribution in [-0.2, 0) is 5.75 Å². The Labute approximate surface area is 184 Å². The molecule has 30 heavy (non-hydrogen) atoms. The molecule has 0 saturated carbocycles. The van der Waals surface area contributed by atoms with Crippen molar-refractivity contribution in [2.24, 2.45) is 0 Å². The Morgan fingerprint density at radius 1 is 1.03 bits per heavy atom. The van der Waals surface area contributed by atoms with Gasteiger partial charge in [-0.05, 0) is 43.2 Å². The van der Waals surface area contributed by atoms with E-state index in [0.717, 1.165) is 27.5 Å². The number of benzene rings is 2. The zero-order valence-corrected chi connectivity index (χ0v) is 18.8. The lowest BCUT2D eigenvalue weighted by Crippen LogP contribution is -2.03. The van der Waals surface area contributed by atoms with Gasteiger partial charge in [-0.1, -0.05) is 61.5 Å². The zero-order valence-electron chi connectivity index (χ0n) is 17.3. The molecule has 6 nitrogen and oxygen atoms in total. The molecule has 4 aromatic rings. The summed E-state index contributed by atoms with van der Waals surface area (Å²) < 4.78 is 7.79. The zero-order chi connectivity index (χ0) is 21.3. The van der Waals surface area contributed by atoms with Gasteiger partial charge in [0.05, 0.1) is 16.5 Å². The number of nitrogens with zero attached hydrogens (tertiary/aromatic N) is 5. The lowest BCUT2D eigenvalue weighted by Gasteiger charge is -2.14. The van der Waals surface area contributed by atoms with Gasteiger partial charge in [-0.3, -0.25) is 4.57 Å². The summed E-state index contributed by atoms with van der Waals surface area (Å²) in [5.41, 5.74) is 4.13. The average molecular weight is 440 g/mol. The quantitative estimate of drug-likeness (QED) is 0.343. The summed E-state index contributed by atoms with van der Waals surface area (Å²) in [5.74, 6) is 2.61. The number of aryl methyl sites for hydroxylation is 2. The molecule has 0 atom stereocenters. The highest BCUT2D eigenvalue weighted by Crippen LogP contribution is 2.34. The van der Waals surface area contributed by atoms with Crippen LogP contribution in [0.2, 0.25) is 5.02 Å². The van der Waals surface area contributed by atoms with Gasteiger partial charge in [0, 0.05) is 11.5 Å². The van der Waals surface area contributed by atoms with Crippen LogP contribution in [0, 0.1) is 13.8 Å². The van der Waals surface area contributed by atoms with E-state index in [2.05, 4.69) is 52.4 Å². The molecule has 0 aliphatic rings. The Morgan fingerprint density at radius 3 is 2.57 bits per heavy atom. The molecular weight excluding hydrogens is 418 g/mol. The Morgan fingerprint density at radius 2 is 1.83 bits per heavy atom. The molecule has 0 fully saturated rings. The lowest BCUT2D eigenvalue weighted by molar-refractivity contribution is 0.445. The molecular formula is C22H22ClN5OS. The normalized spacial score (nSPS) is 11.4.